The molecule has 0 N–H and O–H groups in total. The molecule has 0 bridgehead atoms. The number of anilines is 1. The van der Waals surface area contributed by atoms with Crippen molar-refractivity contribution in [1.82, 2.24) is 29.4 Å². The van der Waals surface area contributed by atoms with Crippen LogP contribution in [0.15, 0.2) is 54.9 Å². The van der Waals surface area contributed by atoms with Gasteiger partial charge in [0, 0.05) is 24.5 Å². The third-order valence-corrected chi connectivity index (χ3v) is 6.82. The van der Waals surface area contributed by atoms with E-state index in [0.717, 1.165) is 34.0 Å². The van der Waals surface area contributed by atoms with E-state index in [-0.39, 0.29) is 5.91 Å². The zero-order valence-electron chi connectivity index (χ0n) is 20.1. The zero-order chi connectivity index (χ0) is 25.1. The molecule has 0 saturated carbocycles. The van der Waals surface area contributed by atoms with Crippen LogP contribution >= 0.6 is 11.6 Å². The lowest BCUT2D eigenvalue weighted by molar-refractivity contribution is 0.0994. The second-order valence-corrected chi connectivity index (χ2v) is 9.18. The molecule has 1 atom stereocenters. The molecule has 0 aliphatic carbocycles. The second kappa shape index (κ2) is 8.17. The van der Waals surface area contributed by atoms with Crippen LogP contribution in [-0.4, -0.2) is 42.4 Å². The lowest BCUT2D eigenvalue weighted by atomic mass is 10.0. The Hall–Kier alpha value is -4.24. The minimum absolute atomic E-state index is 0.163. The summed E-state index contributed by atoms with van der Waals surface area (Å²) in [6.45, 7) is 3.85. The summed E-state index contributed by atoms with van der Waals surface area (Å²) in [5.74, 6) is 0.984. The van der Waals surface area contributed by atoms with Gasteiger partial charge in [-0.15, -0.1) is 10.2 Å². The summed E-state index contributed by atoms with van der Waals surface area (Å²) in [5.41, 5.74) is 5.80. The van der Waals surface area contributed by atoms with E-state index in [1.807, 2.05) is 67.9 Å². The highest BCUT2D eigenvalue weighted by Crippen LogP contribution is 2.46. The largest absolute Gasteiger partial charge is 0.481 e. The first-order valence-electron chi connectivity index (χ1n) is 11.4. The van der Waals surface area contributed by atoms with Crippen molar-refractivity contribution in [1.29, 1.82) is 0 Å². The number of nitrogens with zero attached hydrogens (tertiary/aromatic N) is 7. The summed E-state index contributed by atoms with van der Waals surface area (Å²) in [6.07, 6.45) is 3.55. The topological polar surface area (TPSA) is 90.4 Å². The zero-order valence-corrected chi connectivity index (χ0v) is 20.9. The average molecular weight is 500 g/mol. The van der Waals surface area contributed by atoms with Crippen LogP contribution in [0.1, 0.15) is 39.0 Å². The number of carbonyl (C=O) groups excluding carboxylic acids is 1. The summed E-state index contributed by atoms with van der Waals surface area (Å²) in [7, 11) is 3.41. The van der Waals surface area contributed by atoms with Crippen LogP contribution in [0.2, 0.25) is 5.02 Å². The molecular formula is C26H22ClN7O2. The number of amides is 1. The standard InChI is InChI=1S/C26H22ClN7O2/c1-14-12-18(13-33-15(2)29-30-24(14)33)34-22(16-7-9-17(27)10-8-16)23-20(26(34)35)21(31-32(23)3)19-6-5-11-28-25(19)36-4/h5-13,22H,1-4H3/t22-/m0/s1. The van der Waals surface area contributed by atoms with Gasteiger partial charge in [0.15, 0.2) is 5.65 Å². The van der Waals surface area contributed by atoms with Gasteiger partial charge in [0.2, 0.25) is 5.88 Å². The molecule has 5 aromatic rings. The van der Waals surface area contributed by atoms with E-state index in [2.05, 4.69) is 15.2 Å². The summed E-state index contributed by atoms with van der Waals surface area (Å²) >= 11 is 6.20. The van der Waals surface area contributed by atoms with Crippen LogP contribution in [0.5, 0.6) is 5.88 Å². The van der Waals surface area contributed by atoms with E-state index in [0.29, 0.717) is 27.7 Å². The molecule has 6 rings (SSSR count). The number of hydrogen-bond acceptors (Lipinski definition) is 6. The third-order valence-electron chi connectivity index (χ3n) is 6.57. The highest BCUT2D eigenvalue weighted by Gasteiger charge is 2.45. The number of aryl methyl sites for hydroxylation is 3. The Labute approximate surface area is 211 Å². The predicted molar refractivity (Wildman–Crippen MR) is 136 cm³/mol. The fourth-order valence-corrected chi connectivity index (χ4v) is 5.07. The molecule has 9 nitrogen and oxygen atoms in total. The van der Waals surface area contributed by atoms with Crippen molar-refractivity contribution in [2.75, 3.05) is 12.0 Å². The van der Waals surface area contributed by atoms with E-state index in [1.165, 1.54) is 0 Å². The fraction of sp³-hybridized carbons (Fsp3) is 0.192. The summed E-state index contributed by atoms with van der Waals surface area (Å²) in [4.78, 5) is 20.4. The molecule has 0 spiro atoms. The van der Waals surface area contributed by atoms with Crippen molar-refractivity contribution in [2.24, 2.45) is 7.05 Å². The Kier molecular flexibility index (Phi) is 5.04. The number of methoxy groups -OCH3 is 1. The van der Waals surface area contributed by atoms with Gasteiger partial charge in [0.05, 0.1) is 29.6 Å². The van der Waals surface area contributed by atoms with E-state index >= 15 is 0 Å². The lowest BCUT2D eigenvalue weighted by Gasteiger charge is -2.27. The van der Waals surface area contributed by atoms with Crippen molar-refractivity contribution in [3.05, 3.63) is 88.1 Å². The van der Waals surface area contributed by atoms with Crippen LogP contribution in [0.4, 0.5) is 5.69 Å². The monoisotopic (exact) mass is 499 g/mol. The molecule has 1 aliphatic rings. The maximum atomic E-state index is 14.3. The molecule has 5 heterocycles. The average Bonchev–Trinajstić information content (AvgIpc) is 3.52. The SMILES string of the molecule is COc1ncccc1-c1nn(C)c2c1C(=O)N(c1cc(C)c3nnc(C)n3c1)[C@H]2c1ccc(Cl)cc1. The van der Waals surface area contributed by atoms with Gasteiger partial charge in [-0.05, 0) is 55.3 Å². The maximum absolute atomic E-state index is 14.3. The smallest absolute Gasteiger partial charge is 0.263 e. The van der Waals surface area contributed by atoms with Crippen molar-refractivity contribution in [3.63, 3.8) is 0 Å². The number of halogens is 1. The molecule has 1 aliphatic heterocycles. The van der Waals surface area contributed by atoms with Crippen molar-refractivity contribution < 1.29 is 9.53 Å². The quantitative estimate of drug-likeness (QED) is 0.360. The van der Waals surface area contributed by atoms with Gasteiger partial charge in [-0.25, -0.2) is 4.98 Å². The minimum atomic E-state index is -0.424. The van der Waals surface area contributed by atoms with Crippen LogP contribution in [-0.2, 0) is 7.05 Å². The molecule has 10 heteroatoms. The molecule has 1 aromatic carbocycles. The molecule has 4 aromatic heterocycles. The number of carbonyl (C=O) groups is 1. The number of pyridine rings is 2. The lowest BCUT2D eigenvalue weighted by Crippen LogP contribution is -2.30. The van der Waals surface area contributed by atoms with E-state index < -0.39 is 6.04 Å². The molecule has 0 fully saturated rings. The molecule has 36 heavy (non-hydrogen) atoms. The Morgan fingerprint density at radius 1 is 1.08 bits per heavy atom. The molecule has 0 radical (unpaired) electrons. The van der Waals surface area contributed by atoms with Crippen molar-refractivity contribution >= 4 is 28.8 Å². The van der Waals surface area contributed by atoms with Crippen LogP contribution < -0.4 is 9.64 Å². The van der Waals surface area contributed by atoms with Gasteiger partial charge in [-0.3, -0.25) is 18.8 Å². The highest BCUT2D eigenvalue weighted by molar-refractivity contribution is 6.30. The van der Waals surface area contributed by atoms with Gasteiger partial charge in [-0.2, -0.15) is 5.10 Å². The summed E-state index contributed by atoms with van der Waals surface area (Å²) in [5, 5.41) is 13.9. The van der Waals surface area contributed by atoms with Gasteiger partial charge in [-0.1, -0.05) is 23.7 Å². The van der Waals surface area contributed by atoms with Gasteiger partial charge >= 0.3 is 0 Å². The number of rotatable bonds is 4. The summed E-state index contributed by atoms with van der Waals surface area (Å²) < 4.78 is 9.16. The fourth-order valence-electron chi connectivity index (χ4n) is 4.94. The number of aromatic nitrogens is 6. The minimum Gasteiger partial charge on any atom is -0.481 e. The Morgan fingerprint density at radius 3 is 2.61 bits per heavy atom. The first-order valence-corrected chi connectivity index (χ1v) is 11.7. The number of fused-ring (bicyclic) bond motifs is 2. The third kappa shape index (κ3) is 3.20. The Morgan fingerprint density at radius 2 is 1.86 bits per heavy atom. The highest BCUT2D eigenvalue weighted by atomic mass is 35.5. The first kappa shape index (κ1) is 22.2. The molecule has 180 valence electrons. The van der Waals surface area contributed by atoms with Gasteiger partial charge < -0.3 is 4.74 Å². The predicted octanol–water partition coefficient (Wildman–Crippen LogP) is 4.55. The number of ether oxygens (including phenoxy) is 1. The molecule has 1 amide bonds. The Bertz CT molecular complexity index is 1660. The van der Waals surface area contributed by atoms with Crippen LogP contribution in [0, 0.1) is 13.8 Å². The molecule has 0 saturated heterocycles. The van der Waals surface area contributed by atoms with E-state index in [4.69, 9.17) is 21.4 Å². The molecular weight excluding hydrogens is 478 g/mol. The van der Waals surface area contributed by atoms with Crippen molar-refractivity contribution in [3.8, 4) is 17.1 Å². The van der Waals surface area contributed by atoms with Crippen LogP contribution in [0.3, 0.4) is 0 Å². The van der Waals surface area contributed by atoms with Crippen molar-refractivity contribution in [2.45, 2.75) is 19.9 Å². The normalized spacial score (nSPS) is 15.1. The van der Waals surface area contributed by atoms with Crippen LogP contribution in [0.25, 0.3) is 16.9 Å². The van der Waals surface area contributed by atoms with E-state index in [1.54, 1.807) is 29.0 Å². The maximum Gasteiger partial charge on any atom is 0.263 e. The number of benzene rings is 1. The second-order valence-electron chi connectivity index (χ2n) is 8.74. The first-order chi connectivity index (χ1) is 17.4. The molecule has 0 unspecified atom stereocenters. The number of hydrogen-bond donors (Lipinski definition) is 0. The van der Waals surface area contributed by atoms with Gasteiger partial charge in [0.25, 0.3) is 5.91 Å². The van der Waals surface area contributed by atoms with Gasteiger partial charge in [0.1, 0.15) is 17.6 Å². The van der Waals surface area contributed by atoms with E-state index in [9.17, 15) is 4.79 Å². The Balaban J connectivity index is 1.62. The summed E-state index contributed by atoms with van der Waals surface area (Å²) in [6, 6.07) is 12.7.